The molecule has 0 amide bonds. The molecule has 0 saturated carbocycles. The van der Waals surface area contributed by atoms with E-state index in [9.17, 15) is 4.79 Å². The van der Waals surface area contributed by atoms with Gasteiger partial charge in [-0.15, -0.1) is 0 Å². The summed E-state index contributed by atoms with van der Waals surface area (Å²) in [5.41, 5.74) is 7.46. The number of anilines is 1. The van der Waals surface area contributed by atoms with Crippen molar-refractivity contribution in [3.05, 3.63) is 103 Å². The van der Waals surface area contributed by atoms with Crippen LogP contribution in [0.25, 0.3) is 11.0 Å². The molecule has 3 aromatic carbocycles. The highest BCUT2D eigenvalue weighted by molar-refractivity contribution is 9.10. The van der Waals surface area contributed by atoms with Crippen molar-refractivity contribution in [2.24, 2.45) is 0 Å². The van der Waals surface area contributed by atoms with Gasteiger partial charge in [-0.05, 0) is 61.7 Å². The Morgan fingerprint density at radius 3 is 2.53 bits per heavy atom. The van der Waals surface area contributed by atoms with Crippen molar-refractivity contribution in [1.82, 2.24) is 0 Å². The molecule has 4 aromatic rings. The Labute approximate surface area is 195 Å². The van der Waals surface area contributed by atoms with Crippen molar-refractivity contribution in [1.29, 1.82) is 0 Å². The number of benzene rings is 3. The van der Waals surface area contributed by atoms with E-state index in [1.165, 1.54) is 5.56 Å². The first-order valence-electron chi connectivity index (χ1n) is 10.7. The zero-order chi connectivity index (χ0) is 22.4. The number of nitrogens with zero attached hydrogens (tertiary/aromatic N) is 1. The molecular weight excluding hydrogens is 466 g/mol. The van der Waals surface area contributed by atoms with Gasteiger partial charge in [0.05, 0.1) is 0 Å². The minimum atomic E-state index is -0.273. The highest BCUT2D eigenvalue weighted by atomic mass is 79.9. The summed E-state index contributed by atoms with van der Waals surface area (Å²) in [6.45, 7) is 7.29. The molecule has 0 spiro atoms. The summed E-state index contributed by atoms with van der Waals surface area (Å²) in [5.74, 6) is 0.821. The second-order valence-corrected chi connectivity index (χ2v) is 9.34. The van der Waals surface area contributed by atoms with E-state index in [2.05, 4.69) is 52.0 Å². The zero-order valence-electron chi connectivity index (χ0n) is 18.4. The number of aryl methyl sites for hydroxylation is 3. The van der Waals surface area contributed by atoms with Crippen LogP contribution >= 0.6 is 15.9 Å². The van der Waals surface area contributed by atoms with Crippen LogP contribution in [0, 0.1) is 20.8 Å². The van der Waals surface area contributed by atoms with Crippen LogP contribution in [0.3, 0.4) is 0 Å². The van der Waals surface area contributed by atoms with Gasteiger partial charge in [0.2, 0.25) is 0 Å². The minimum absolute atomic E-state index is 0.273. The van der Waals surface area contributed by atoms with Crippen molar-refractivity contribution in [2.45, 2.75) is 33.7 Å². The summed E-state index contributed by atoms with van der Waals surface area (Å²) in [7, 11) is 0. The molecule has 1 aliphatic heterocycles. The molecule has 4 nitrogen and oxygen atoms in total. The Morgan fingerprint density at radius 2 is 1.78 bits per heavy atom. The Morgan fingerprint density at radius 1 is 1.00 bits per heavy atom. The maximum atomic E-state index is 12.9. The summed E-state index contributed by atoms with van der Waals surface area (Å²) in [4.78, 5) is 15.1. The van der Waals surface area contributed by atoms with Gasteiger partial charge in [-0.3, -0.25) is 0 Å². The van der Waals surface area contributed by atoms with Gasteiger partial charge in [-0.2, -0.15) is 0 Å². The molecule has 1 aromatic heterocycles. The van der Waals surface area contributed by atoms with E-state index < -0.39 is 0 Å². The van der Waals surface area contributed by atoms with E-state index in [1.54, 1.807) is 0 Å². The molecule has 0 radical (unpaired) electrons. The number of hydrogen-bond acceptors (Lipinski definition) is 4. The van der Waals surface area contributed by atoms with E-state index in [0.29, 0.717) is 24.3 Å². The smallest absolute Gasteiger partial charge is 0.340 e. The van der Waals surface area contributed by atoms with Crippen LogP contribution in [0.4, 0.5) is 5.69 Å². The van der Waals surface area contributed by atoms with Crippen molar-refractivity contribution < 1.29 is 9.15 Å². The lowest BCUT2D eigenvalue weighted by atomic mass is 9.96. The van der Waals surface area contributed by atoms with Gasteiger partial charge in [0, 0.05) is 45.2 Å². The van der Waals surface area contributed by atoms with Crippen molar-refractivity contribution >= 4 is 32.6 Å². The highest BCUT2D eigenvalue weighted by Gasteiger charge is 2.24. The van der Waals surface area contributed by atoms with Crippen LogP contribution in [-0.4, -0.2) is 6.73 Å². The molecule has 0 aliphatic carbocycles. The molecule has 5 heteroatoms. The maximum absolute atomic E-state index is 12.9. The molecule has 0 fully saturated rings. The first-order chi connectivity index (χ1) is 15.4. The second-order valence-electron chi connectivity index (χ2n) is 8.42. The molecular formula is C27H24BrNO3. The van der Waals surface area contributed by atoms with Gasteiger partial charge in [-0.25, -0.2) is 4.79 Å². The average molecular weight is 490 g/mol. The Bertz CT molecular complexity index is 1390. The summed E-state index contributed by atoms with van der Waals surface area (Å²) < 4.78 is 13.1. The summed E-state index contributed by atoms with van der Waals surface area (Å²) in [6.07, 6.45) is 0.557. The van der Waals surface area contributed by atoms with Crippen LogP contribution in [0.1, 0.15) is 33.4 Å². The van der Waals surface area contributed by atoms with E-state index in [-0.39, 0.29) is 5.63 Å². The first kappa shape index (κ1) is 20.8. The fourth-order valence-corrected chi connectivity index (χ4v) is 5.05. The number of fused-ring (bicyclic) bond motifs is 2. The third kappa shape index (κ3) is 3.61. The fraction of sp³-hybridized carbons (Fsp3) is 0.222. The van der Waals surface area contributed by atoms with Crippen LogP contribution < -0.4 is 15.3 Å². The second kappa shape index (κ2) is 8.14. The van der Waals surface area contributed by atoms with Crippen LogP contribution in [0.5, 0.6) is 5.75 Å². The molecule has 0 bridgehead atoms. The lowest BCUT2D eigenvalue weighted by Gasteiger charge is -2.33. The van der Waals surface area contributed by atoms with E-state index in [0.717, 1.165) is 50.1 Å². The predicted molar refractivity (Wildman–Crippen MR) is 132 cm³/mol. The van der Waals surface area contributed by atoms with Gasteiger partial charge in [0.25, 0.3) is 0 Å². The lowest BCUT2D eigenvalue weighted by Crippen LogP contribution is -2.32. The predicted octanol–water partition coefficient (Wildman–Crippen LogP) is 6.43. The van der Waals surface area contributed by atoms with Gasteiger partial charge < -0.3 is 14.1 Å². The molecule has 0 saturated heterocycles. The first-order valence-corrected chi connectivity index (χ1v) is 11.5. The third-order valence-electron chi connectivity index (χ3n) is 6.28. The minimum Gasteiger partial charge on any atom is -0.472 e. The largest absolute Gasteiger partial charge is 0.472 e. The normalized spacial score (nSPS) is 13.2. The number of rotatable bonds is 3. The molecule has 0 atom stereocenters. The van der Waals surface area contributed by atoms with Crippen LogP contribution in [0.2, 0.25) is 0 Å². The van der Waals surface area contributed by atoms with E-state index >= 15 is 0 Å². The van der Waals surface area contributed by atoms with E-state index in [4.69, 9.17) is 9.15 Å². The lowest BCUT2D eigenvalue weighted by molar-refractivity contribution is 0.287. The number of ether oxygens (including phenoxy) is 1. The molecule has 5 rings (SSSR count). The topological polar surface area (TPSA) is 42.7 Å². The molecule has 0 N–H and O–H groups in total. The molecule has 32 heavy (non-hydrogen) atoms. The zero-order valence-corrected chi connectivity index (χ0v) is 20.0. The molecule has 0 unspecified atom stereocenters. The monoisotopic (exact) mass is 489 g/mol. The van der Waals surface area contributed by atoms with Crippen molar-refractivity contribution in [3.8, 4) is 5.75 Å². The SMILES string of the molecule is Cc1cc(Br)ccc1N1COc2c(cc3c(C)c(Cc4ccccc4)c(=O)oc3c2C)C1. The van der Waals surface area contributed by atoms with E-state index in [1.807, 2.05) is 44.2 Å². The summed E-state index contributed by atoms with van der Waals surface area (Å²) in [5, 5.41) is 0.977. The average Bonchev–Trinajstić information content (AvgIpc) is 2.78. The summed E-state index contributed by atoms with van der Waals surface area (Å²) in [6, 6.07) is 18.4. The Balaban J connectivity index is 1.59. The van der Waals surface area contributed by atoms with Crippen molar-refractivity contribution in [2.75, 3.05) is 11.6 Å². The van der Waals surface area contributed by atoms with Gasteiger partial charge in [0.1, 0.15) is 11.3 Å². The van der Waals surface area contributed by atoms with Gasteiger partial charge in [-0.1, -0.05) is 46.3 Å². The van der Waals surface area contributed by atoms with Crippen molar-refractivity contribution in [3.63, 3.8) is 0 Å². The molecule has 162 valence electrons. The third-order valence-corrected chi connectivity index (χ3v) is 6.78. The summed E-state index contributed by atoms with van der Waals surface area (Å²) >= 11 is 3.54. The number of hydrogen-bond donors (Lipinski definition) is 0. The number of halogens is 1. The molecule has 1 aliphatic rings. The van der Waals surface area contributed by atoms with Crippen LogP contribution in [0.15, 0.2) is 68.3 Å². The maximum Gasteiger partial charge on any atom is 0.340 e. The standard InChI is InChI=1S/C27H24BrNO3/c1-16-11-21(28)9-10-24(16)29-14-20-13-22-17(2)23(12-19-7-5-4-6-8-19)27(30)32-26(22)18(3)25(20)31-15-29/h4-11,13H,12,14-15H2,1-3H3. The van der Waals surface area contributed by atoms with Crippen LogP contribution in [-0.2, 0) is 13.0 Å². The Kier molecular flexibility index (Phi) is 5.30. The highest BCUT2D eigenvalue weighted by Crippen LogP contribution is 2.38. The van der Waals surface area contributed by atoms with Gasteiger partial charge in [0.15, 0.2) is 6.73 Å². The molecule has 2 heterocycles. The van der Waals surface area contributed by atoms with Gasteiger partial charge >= 0.3 is 5.63 Å². The fourth-order valence-electron chi connectivity index (χ4n) is 4.58. The quantitative estimate of drug-likeness (QED) is 0.311. The Hall–Kier alpha value is -3.05.